The molecule has 18 heteroatoms. The first-order chi connectivity index (χ1) is 70.3. The third kappa shape index (κ3) is 37.4. The molecule has 2 N–H and O–H groups in total. The summed E-state index contributed by atoms with van der Waals surface area (Å²) in [6, 6.07) is 132. The molecule has 0 spiro atoms. The molecular formula is C129H128Br2Cl4MoN6O2SW2-2. The topological polar surface area (TPSA) is 120 Å². The molecule has 0 bridgehead atoms. The fraction of sp³-hybridized carbons (Fsp3) is 0.186. The van der Waals surface area contributed by atoms with Crippen molar-refractivity contribution in [1.29, 1.82) is 0 Å². The van der Waals surface area contributed by atoms with Crippen molar-refractivity contribution in [3.8, 4) is 101 Å². The van der Waals surface area contributed by atoms with E-state index in [0.29, 0.717) is 37.7 Å². The summed E-state index contributed by atoms with van der Waals surface area (Å²) in [5.41, 5.74) is 32.3. The van der Waals surface area contributed by atoms with Crippen molar-refractivity contribution in [3.05, 3.63) is 474 Å². The fourth-order valence-corrected chi connectivity index (χ4v) is 25.5. The van der Waals surface area contributed by atoms with Gasteiger partial charge in [-0.2, -0.15) is 39.1 Å². The van der Waals surface area contributed by atoms with Crippen LogP contribution in [0.4, 0.5) is 17.1 Å². The SMILES string of the molecule is CC(C)(C)[CH]=[W]=[N]c1c(Cl)cccc1Cl.CC(C)(C)[CH]=[W]=[N]c1c(Cl)cccc1Cl.CC(C)c1cccc(C(C)C)c1[N]=[Mo+2]=[CH]C(C)(C)c1ccccc1.Cc1cc(Br)c(O)c(Br)c1.Cc1ccc(C)[n-]1.Cc1ccc(C)[n-]1.Cc1ccc(C)[n-]1.Oc1c(-c2ccccc2)c(-c2ccccc2)cc(-c2ccccc2)c1-c1ccccc1.[S-]c1c(-c2ccccc2)c(-c2ccccc2)cc(-c2ccccc2)c1-c1ccccc1. The minimum atomic E-state index is -0.850. The molecule has 147 heavy (non-hydrogen) atoms. The van der Waals surface area contributed by atoms with Crippen LogP contribution in [0.25, 0.3) is 89.0 Å². The number of halogens is 6. The minimum absolute atomic E-state index is 0.0811. The Hall–Kier alpha value is -10.8. The van der Waals surface area contributed by atoms with Crippen LogP contribution in [-0.2, 0) is 71.8 Å². The number of hydrogen-bond acceptors (Lipinski definition) is 6. The number of aromatic hydroxyl groups is 2. The number of phenolic OH excluding ortho intramolecular Hbond substituents is 2. The van der Waals surface area contributed by atoms with Crippen LogP contribution in [-0.4, -0.2) is 23.4 Å². The first-order valence-corrected chi connectivity index (χ1v) is 60.1. The molecule has 0 aliphatic heterocycles. The van der Waals surface area contributed by atoms with Crippen molar-refractivity contribution in [2.24, 2.45) is 21.3 Å². The fourth-order valence-electron chi connectivity index (χ4n) is 15.2. The van der Waals surface area contributed by atoms with Crippen LogP contribution < -0.4 is 15.0 Å². The van der Waals surface area contributed by atoms with Crippen LogP contribution in [0.15, 0.2) is 413 Å². The van der Waals surface area contributed by atoms with Crippen molar-refractivity contribution in [2.75, 3.05) is 0 Å². The van der Waals surface area contributed by atoms with Crippen LogP contribution in [0, 0.1) is 59.3 Å². The van der Waals surface area contributed by atoms with Gasteiger partial charge in [0.05, 0.1) is 8.95 Å². The Labute approximate surface area is 939 Å². The molecule has 0 saturated heterocycles. The Morgan fingerprint density at radius 1 is 0.313 bits per heavy atom. The van der Waals surface area contributed by atoms with Crippen LogP contribution >= 0.6 is 78.3 Å². The van der Waals surface area contributed by atoms with Gasteiger partial charge in [-0.15, -0.1) is 0 Å². The molecular weight excluding hydrogens is 2460 g/mol. The van der Waals surface area contributed by atoms with Gasteiger partial charge >= 0.3 is 374 Å². The van der Waals surface area contributed by atoms with Crippen molar-refractivity contribution >= 4 is 121 Å². The van der Waals surface area contributed by atoms with Crippen molar-refractivity contribution < 1.29 is 64.0 Å². The van der Waals surface area contributed by atoms with E-state index >= 15 is 0 Å². The largest absolute Gasteiger partial charge is 0.778 e. The van der Waals surface area contributed by atoms with Gasteiger partial charge in [-0.05, 0) is 147 Å². The second kappa shape index (κ2) is 58.9. The summed E-state index contributed by atoms with van der Waals surface area (Å²) >= 11 is 34.5. The molecule has 0 saturated carbocycles. The average Bonchev–Trinajstić information content (AvgIpc) is 1.20. The van der Waals surface area contributed by atoms with E-state index in [9.17, 15) is 10.2 Å². The van der Waals surface area contributed by atoms with Gasteiger partial charge in [0.1, 0.15) is 11.5 Å². The van der Waals surface area contributed by atoms with Gasteiger partial charge in [0.2, 0.25) is 0 Å². The number of phenols is 2. The van der Waals surface area contributed by atoms with E-state index in [4.69, 9.17) is 62.5 Å². The van der Waals surface area contributed by atoms with Gasteiger partial charge in [0.25, 0.3) is 0 Å². The summed E-state index contributed by atoms with van der Waals surface area (Å²) in [5, 5.41) is 23.6. The van der Waals surface area contributed by atoms with E-state index < -0.39 is 53.8 Å². The zero-order chi connectivity index (χ0) is 106. The Bertz CT molecular complexity index is 6720. The monoisotopic (exact) mass is 2590 g/mol. The van der Waals surface area contributed by atoms with E-state index in [0.717, 1.165) is 143 Å². The van der Waals surface area contributed by atoms with Gasteiger partial charge in [-0.3, -0.25) is 0 Å². The molecule has 0 radical (unpaired) electrons. The molecule has 8 nitrogen and oxygen atoms in total. The summed E-state index contributed by atoms with van der Waals surface area (Å²) in [6.45, 7) is 40.6. The van der Waals surface area contributed by atoms with Crippen LogP contribution in [0.3, 0.4) is 0 Å². The number of hydrogen-bond donors (Lipinski definition) is 2. The van der Waals surface area contributed by atoms with Crippen LogP contribution in [0.1, 0.15) is 151 Å². The third-order valence-electron chi connectivity index (χ3n) is 22.4. The second-order valence-electron chi connectivity index (χ2n) is 38.3. The summed E-state index contributed by atoms with van der Waals surface area (Å²) < 4.78 is 22.7. The molecule has 0 fully saturated rings. The Kier molecular flexibility index (Phi) is 47.3. The van der Waals surface area contributed by atoms with Gasteiger partial charge in [-0.25, -0.2) is 0 Å². The van der Waals surface area contributed by atoms with Gasteiger partial charge in [-0.1, -0.05) is 321 Å². The van der Waals surface area contributed by atoms with Crippen LogP contribution in [0.2, 0.25) is 20.1 Å². The number of nitrogens with zero attached hydrogens (tertiary/aromatic N) is 6. The predicted molar refractivity (Wildman–Crippen MR) is 630 cm³/mol. The Balaban J connectivity index is 0.000000178. The standard InChI is InChI=1S/C30H22O.C30H22S.C12H17N.C10H12.C7H6Br2O.2C6H3Cl2N.3C6H8N.2C5H10.Mo.2W/c2*31-30-28(24-17-9-3-10-18-24)26(22-13-5-1-6-14-22)21-27(23-15-7-2-8-16-23)29(30)25-19-11-4-12-20-25;1-8(2)10-6-5-7-11(9(3)4)12(10)13;1-10(2,3)9-7-5-4-6-8-9;1-4-2-5(8)7(10)6(9)3-4;2*7-4-2-1-3-5(8)6(4)9;3*1-5-3-4-6(2)7-5;2*1-5(2,3)4;;;/h2*1-21,31H;5-9H,1-4H3;1,4-8H,2-3H3;2-3,10H,1H3;2*1-3H;3*3-4H,1-2H3;2*1H,2-4H3;;;/q;;;;;;;3*-1;;;+2;;/p-1. The maximum Gasteiger partial charge on any atom is 0.143 e. The van der Waals surface area contributed by atoms with Crippen molar-refractivity contribution in [1.82, 2.24) is 15.0 Å². The van der Waals surface area contributed by atoms with Crippen LogP contribution in [0.5, 0.6) is 11.5 Å². The van der Waals surface area contributed by atoms with Gasteiger partial charge < -0.3 is 37.8 Å². The number of benzene rings is 15. The van der Waals surface area contributed by atoms with Gasteiger partial charge in [0, 0.05) is 11.1 Å². The molecule has 18 rings (SSSR count). The smallest absolute Gasteiger partial charge is 0.143 e. The maximum absolute atomic E-state index is 11.8. The summed E-state index contributed by atoms with van der Waals surface area (Å²) in [5.74, 6) is 1.58. The maximum atomic E-state index is 11.8. The summed E-state index contributed by atoms with van der Waals surface area (Å²) in [7, 11) is 0. The summed E-state index contributed by atoms with van der Waals surface area (Å²) in [4.78, 5) is 13.2. The second-order valence-corrected chi connectivity index (χ2v) is 48.1. The molecule has 3 aromatic heterocycles. The molecule has 0 amide bonds. The molecule has 18 aromatic rings. The van der Waals surface area contributed by atoms with E-state index in [1.165, 1.54) is 33.5 Å². The third-order valence-corrected chi connectivity index (χ3v) is 35.6. The predicted octanol–water partition coefficient (Wildman–Crippen LogP) is 39.4. The summed E-state index contributed by atoms with van der Waals surface area (Å²) in [6.07, 6.45) is 0. The van der Waals surface area contributed by atoms with Gasteiger partial charge in [0.15, 0.2) is 0 Å². The normalized spacial score (nSPS) is 10.7. The Morgan fingerprint density at radius 3 is 0.810 bits per heavy atom. The zero-order valence-electron chi connectivity index (χ0n) is 86.8. The van der Waals surface area contributed by atoms with E-state index in [2.05, 4.69) is 368 Å². The average molecular weight is 2590 g/mol. The number of rotatable bonds is 15. The molecule has 754 valence electrons. The van der Waals surface area contributed by atoms with E-state index in [1.54, 1.807) is 0 Å². The first-order valence-electron chi connectivity index (χ1n) is 48.5. The Morgan fingerprint density at radius 2 is 0.558 bits per heavy atom. The zero-order valence-corrected chi connectivity index (χ0v) is 102. The molecule has 0 aliphatic rings. The minimum Gasteiger partial charge on any atom is -0.778 e. The van der Waals surface area contributed by atoms with E-state index in [-0.39, 0.29) is 22.0 Å². The van der Waals surface area contributed by atoms with E-state index in [1.807, 2.05) is 218 Å². The van der Waals surface area contributed by atoms with Crippen molar-refractivity contribution in [3.63, 3.8) is 0 Å². The number of aryl methyl sites for hydroxylation is 7. The quantitative estimate of drug-likeness (QED) is 0.0779. The van der Waals surface area contributed by atoms with Crippen molar-refractivity contribution in [2.45, 2.75) is 154 Å². The molecule has 3 heterocycles. The number of aromatic nitrogens is 3. The molecule has 0 unspecified atom stereocenters. The first kappa shape index (κ1) is 118. The molecule has 0 aliphatic carbocycles. The molecule has 0 atom stereocenters. The molecule has 15 aromatic carbocycles.